The van der Waals surface area contributed by atoms with E-state index in [4.69, 9.17) is 23.7 Å². The van der Waals surface area contributed by atoms with Crippen LogP contribution in [0.25, 0.3) is 6.08 Å². The molecule has 0 unspecified atom stereocenters. The van der Waals surface area contributed by atoms with E-state index in [0.29, 0.717) is 41.8 Å². The van der Waals surface area contributed by atoms with Crippen molar-refractivity contribution in [2.24, 2.45) is 0 Å². The number of carbonyl (C=O) groups excluding carboxylic acids is 1. The van der Waals surface area contributed by atoms with Crippen molar-refractivity contribution in [3.05, 3.63) is 52.8 Å². The van der Waals surface area contributed by atoms with Crippen LogP contribution in [-0.4, -0.2) is 68.5 Å². The molecule has 8 nitrogen and oxygen atoms in total. The Morgan fingerprint density at radius 2 is 1.72 bits per heavy atom. The van der Waals surface area contributed by atoms with Crippen LogP contribution in [0.1, 0.15) is 21.5 Å². The van der Waals surface area contributed by atoms with Gasteiger partial charge in [0, 0.05) is 32.7 Å². The van der Waals surface area contributed by atoms with E-state index in [2.05, 4.69) is 9.80 Å². The summed E-state index contributed by atoms with van der Waals surface area (Å²) in [6.45, 7) is 6.80. The second-order valence-corrected chi connectivity index (χ2v) is 8.25. The molecular weight excluding hydrogens is 412 g/mol. The Morgan fingerprint density at radius 3 is 2.62 bits per heavy atom. The summed E-state index contributed by atoms with van der Waals surface area (Å²) in [5.74, 6) is 2.95. The first-order valence-corrected chi connectivity index (χ1v) is 10.9. The first-order valence-electron chi connectivity index (χ1n) is 10.9. The Kier molecular flexibility index (Phi) is 4.98. The van der Waals surface area contributed by atoms with E-state index in [1.807, 2.05) is 24.3 Å². The number of nitrogens with zero attached hydrogens (tertiary/aromatic N) is 2. The highest BCUT2D eigenvalue weighted by molar-refractivity contribution is 6.15. The Balaban J connectivity index is 1.20. The molecule has 2 aromatic rings. The normalized spacial score (nSPS) is 21.2. The molecule has 0 radical (unpaired) electrons. The Bertz CT molecular complexity index is 1090. The SMILES string of the molecule is O=C1C(=Cc2ccc3c(c2)OCO3)Oc2c1ccc1c2CN(CCN2CCOCC2)CO1. The van der Waals surface area contributed by atoms with Gasteiger partial charge >= 0.3 is 0 Å². The van der Waals surface area contributed by atoms with Gasteiger partial charge in [-0.3, -0.25) is 14.6 Å². The smallest absolute Gasteiger partial charge is 0.231 e. The molecule has 6 rings (SSSR count). The van der Waals surface area contributed by atoms with Gasteiger partial charge in [0.25, 0.3) is 0 Å². The summed E-state index contributed by atoms with van der Waals surface area (Å²) >= 11 is 0. The van der Waals surface area contributed by atoms with Gasteiger partial charge in [-0.05, 0) is 35.9 Å². The average molecular weight is 436 g/mol. The second kappa shape index (κ2) is 8.12. The van der Waals surface area contributed by atoms with Crippen LogP contribution < -0.4 is 18.9 Å². The zero-order valence-electron chi connectivity index (χ0n) is 17.7. The van der Waals surface area contributed by atoms with Crippen LogP contribution in [0.4, 0.5) is 0 Å². The van der Waals surface area contributed by atoms with Crippen molar-refractivity contribution in [2.75, 3.05) is 52.9 Å². The van der Waals surface area contributed by atoms with Crippen molar-refractivity contribution in [1.29, 1.82) is 0 Å². The predicted molar refractivity (Wildman–Crippen MR) is 115 cm³/mol. The number of benzene rings is 2. The monoisotopic (exact) mass is 436 g/mol. The predicted octanol–water partition coefficient (Wildman–Crippen LogP) is 2.52. The van der Waals surface area contributed by atoms with Gasteiger partial charge in [-0.15, -0.1) is 0 Å². The minimum Gasteiger partial charge on any atom is -0.478 e. The molecular formula is C24H24N2O6. The molecule has 4 heterocycles. The quantitative estimate of drug-likeness (QED) is 0.678. The topological polar surface area (TPSA) is 69.7 Å². The molecule has 166 valence electrons. The van der Waals surface area contributed by atoms with Gasteiger partial charge in [0.05, 0.1) is 24.3 Å². The molecule has 0 spiro atoms. The maximum atomic E-state index is 13.0. The van der Waals surface area contributed by atoms with Gasteiger partial charge in [0.2, 0.25) is 12.6 Å². The van der Waals surface area contributed by atoms with Crippen molar-refractivity contribution in [3.63, 3.8) is 0 Å². The number of ketones is 1. The molecule has 8 heteroatoms. The van der Waals surface area contributed by atoms with E-state index in [1.165, 1.54) is 0 Å². The fourth-order valence-corrected chi connectivity index (χ4v) is 4.41. The molecule has 32 heavy (non-hydrogen) atoms. The van der Waals surface area contributed by atoms with Gasteiger partial charge in [-0.25, -0.2) is 0 Å². The number of ether oxygens (including phenoxy) is 5. The lowest BCUT2D eigenvalue weighted by atomic mass is 10.0. The third kappa shape index (κ3) is 3.60. The maximum absolute atomic E-state index is 13.0. The molecule has 1 fully saturated rings. The summed E-state index contributed by atoms with van der Waals surface area (Å²) < 4.78 is 28.3. The second-order valence-electron chi connectivity index (χ2n) is 8.25. The summed E-state index contributed by atoms with van der Waals surface area (Å²) in [5, 5.41) is 0. The lowest BCUT2D eigenvalue weighted by Crippen LogP contribution is -2.43. The van der Waals surface area contributed by atoms with Crippen molar-refractivity contribution in [3.8, 4) is 23.0 Å². The first kappa shape index (κ1) is 19.6. The molecule has 4 aliphatic rings. The van der Waals surface area contributed by atoms with Crippen LogP contribution >= 0.6 is 0 Å². The minimum atomic E-state index is -0.120. The molecule has 2 aromatic carbocycles. The van der Waals surface area contributed by atoms with Gasteiger partial charge in [-0.1, -0.05) is 6.07 Å². The molecule has 1 saturated heterocycles. The van der Waals surface area contributed by atoms with Crippen LogP contribution in [0, 0.1) is 0 Å². The summed E-state index contributed by atoms with van der Waals surface area (Å²) in [7, 11) is 0. The number of allylic oxidation sites excluding steroid dienone is 1. The fraction of sp³-hybridized carbons (Fsp3) is 0.375. The zero-order chi connectivity index (χ0) is 21.5. The molecule has 0 N–H and O–H groups in total. The third-order valence-electron chi connectivity index (χ3n) is 6.21. The summed E-state index contributed by atoms with van der Waals surface area (Å²) in [5.41, 5.74) is 2.33. The summed E-state index contributed by atoms with van der Waals surface area (Å²) in [6.07, 6.45) is 1.75. The van der Waals surface area contributed by atoms with E-state index in [1.54, 1.807) is 12.1 Å². The Hall–Kier alpha value is -3.07. The van der Waals surface area contributed by atoms with E-state index in [0.717, 1.165) is 56.3 Å². The number of fused-ring (bicyclic) bond motifs is 4. The third-order valence-corrected chi connectivity index (χ3v) is 6.21. The van der Waals surface area contributed by atoms with Crippen molar-refractivity contribution < 1.29 is 28.5 Å². The Labute approximate surface area is 185 Å². The molecule has 0 aliphatic carbocycles. The summed E-state index contributed by atoms with van der Waals surface area (Å²) in [6, 6.07) is 9.23. The average Bonchev–Trinajstić information content (AvgIpc) is 3.42. The lowest BCUT2D eigenvalue weighted by molar-refractivity contribution is 0.0239. The van der Waals surface area contributed by atoms with Gasteiger partial charge in [-0.2, -0.15) is 0 Å². The number of hydrogen-bond acceptors (Lipinski definition) is 8. The lowest BCUT2D eigenvalue weighted by Gasteiger charge is -2.33. The van der Waals surface area contributed by atoms with Crippen LogP contribution in [0.2, 0.25) is 0 Å². The zero-order valence-corrected chi connectivity index (χ0v) is 17.7. The van der Waals surface area contributed by atoms with Gasteiger partial charge in [0.1, 0.15) is 18.2 Å². The van der Waals surface area contributed by atoms with E-state index in [-0.39, 0.29) is 12.6 Å². The molecule has 0 bridgehead atoms. The molecule has 0 aromatic heterocycles. The fourth-order valence-electron chi connectivity index (χ4n) is 4.41. The van der Waals surface area contributed by atoms with Crippen LogP contribution in [0.3, 0.4) is 0 Å². The first-order chi connectivity index (χ1) is 15.7. The van der Waals surface area contributed by atoms with Crippen molar-refractivity contribution in [2.45, 2.75) is 6.54 Å². The van der Waals surface area contributed by atoms with Crippen LogP contribution in [0.5, 0.6) is 23.0 Å². The van der Waals surface area contributed by atoms with E-state index >= 15 is 0 Å². The highest BCUT2D eigenvalue weighted by Gasteiger charge is 2.33. The van der Waals surface area contributed by atoms with E-state index in [9.17, 15) is 4.79 Å². The number of carbonyl (C=O) groups is 1. The largest absolute Gasteiger partial charge is 0.478 e. The molecule has 4 aliphatic heterocycles. The molecule has 0 amide bonds. The number of Topliss-reactive ketones (excluding diaryl/α,β-unsaturated/α-hetero) is 1. The van der Waals surface area contributed by atoms with Crippen LogP contribution in [-0.2, 0) is 11.3 Å². The standard InChI is InChI=1S/C24H24N2O6/c27-23-17-2-4-19-18(13-26(14-29-19)6-5-25-7-9-28-10-8-25)24(17)32-22(23)12-16-1-3-20-21(11-16)31-15-30-20/h1-4,11-12H,5-10,13-15H2. The minimum absolute atomic E-state index is 0.120. The number of morpholine rings is 1. The van der Waals surface area contributed by atoms with E-state index < -0.39 is 0 Å². The highest BCUT2D eigenvalue weighted by atomic mass is 16.7. The number of hydrogen-bond donors (Lipinski definition) is 0. The van der Waals surface area contributed by atoms with Crippen molar-refractivity contribution in [1.82, 2.24) is 9.80 Å². The summed E-state index contributed by atoms with van der Waals surface area (Å²) in [4.78, 5) is 17.7. The molecule has 0 saturated carbocycles. The van der Waals surface area contributed by atoms with Gasteiger partial charge < -0.3 is 23.7 Å². The maximum Gasteiger partial charge on any atom is 0.231 e. The van der Waals surface area contributed by atoms with Gasteiger partial charge in [0.15, 0.2) is 17.3 Å². The van der Waals surface area contributed by atoms with Crippen molar-refractivity contribution >= 4 is 11.9 Å². The highest BCUT2D eigenvalue weighted by Crippen LogP contribution is 2.42. The van der Waals surface area contributed by atoms with Crippen LogP contribution in [0.15, 0.2) is 36.1 Å². The molecule has 0 atom stereocenters. The number of rotatable bonds is 4. The Morgan fingerprint density at radius 1 is 0.906 bits per heavy atom.